The molecule has 0 aromatic heterocycles. The number of hydrogen-bond acceptors (Lipinski definition) is 1. The van der Waals surface area contributed by atoms with Crippen molar-refractivity contribution in [3.05, 3.63) is 70.4 Å². The molecular weight excluding hydrogens is 210 g/mol. The molecule has 0 fully saturated rings. The van der Waals surface area contributed by atoms with Gasteiger partial charge in [-0.2, -0.15) is 4.74 Å². The summed E-state index contributed by atoms with van der Waals surface area (Å²) in [4.78, 5) is 0. The van der Waals surface area contributed by atoms with E-state index in [1.807, 2.05) is 50.2 Å². The molecule has 2 aromatic rings. The fourth-order valence-corrected chi connectivity index (χ4v) is 1.80. The maximum atomic E-state index is 12.0. The lowest BCUT2D eigenvalue weighted by Gasteiger charge is -2.06. The second kappa shape index (κ2) is 4.83. The molecule has 2 rings (SSSR count). The van der Waals surface area contributed by atoms with Crippen molar-refractivity contribution in [3.63, 3.8) is 0 Å². The average Bonchev–Trinajstić information content (AvgIpc) is 2.35. The molecule has 2 aromatic carbocycles. The molecule has 0 atom stereocenters. The zero-order chi connectivity index (χ0) is 12.3. The third-order valence-electron chi connectivity index (χ3n) is 2.80. The van der Waals surface area contributed by atoms with Crippen LogP contribution in [0.3, 0.4) is 0 Å². The molecule has 2 heteroatoms. The quantitative estimate of drug-likeness (QED) is 0.332. The first-order valence-electron chi connectivity index (χ1n) is 5.61. The molecule has 0 amide bonds. The molecule has 0 spiro atoms. The summed E-state index contributed by atoms with van der Waals surface area (Å²) in [5.74, 6) is 0. The van der Waals surface area contributed by atoms with Gasteiger partial charge in [0.1, 0.15) is 0 Å². The van der Waals surface area contributed by atoms with Gasteiger partial charge in [0.15, 0.2) is 6.21 Å². The Morgan fingerprint density at radius 3 is 2.06 bits per heavy atom. The monoisotopic (exact) mass is 225 g/mol. The van der Waals surface area contributed by atoms with E-state index < -0.39 is 0 Å². The molecule has 0 radical (unpaired) electrons. The number of benzene rings is 2. The van der Waals surface area contributed by atoms with Crippen LogP contribution in [0.1, 0.15) is 16.7 Å². The molecule has 86 valence electrons. The van der Waals surface area contributed by atoms with E-state index in [9.17, 15) is 5.21 Å². The third-order valence-corrected chi connectivity index (χ3v) is 2.80. The summed E-state index contributed by atoms with van der Waals surface area (Å²) < 4.78 is 0.912. The number of para-hydroxylation sites is 1. The van der Waals surface area contributed by atoms with E-state index in [1.54, 1.807) is 18.3 Å². The second-order valence-corrected chi connectivity index (χ2v) is 4.10. The number of aryl methyl sites for hydroxylation is 2. The van der Waals surface area contributed by atoms with Crippen LogP contribution in [-0.4, -0.2) is 11.0 Å². The normalized spacial score (nSPS) is 11.5. The van der Waals surface area contributed by atoms with Crippen molar-refractivity contribution < 1.29 is 4.74 Å². The van der Waals surface area contributed by atoms with Crippen molar-refractivity contribution in [2.75, 3.05) is 0 Å². The third kappa shape index (κ3) is 2.53. The van der Waals surface area contributed by atoms with Crippen molar-refractivity contribution in [2.45, 2.75) is 13.8 Å². The van der Waals surface area contributed by atoms with Crippen molar-refractivity contribution in [2.24, 2.45) is 0 Å². The van der Waals surface area contributed by atoms with Crippen LogP contribution >= 0.6 is 0 Å². The van der Waals surface area contributed by atoms with E-state index in [4.69, 9.17) is 0 Å². The van der Waals surface area contributed by atoms with Crippen LogP contribution in [0, 0.1) is 19.1 Å². The minimum Gasteiger partial charge on any atom is -0.618 e. The molecular formula is C15H15NO. The van der Waals surface area contributed by atoms with Gasteiger partial charge in [-0.15, -0.1) is 0 Å². The van der Waals surface area contributed by atoms with Gasteiger partial charge in [-0.25, -0.2) is 0 Å². The standard InChI is InChI=1S/C15H15NO/c1-12-7-6-8-13(2)15(12)11-16(17)14-9-4-3-5-10-14/h3-11H,1-2H3/b16-11+. The molecule has 0 aliphatic rings. The highest BCUT2D eigenvalue weighted by atomic mass is 16.5. The largest absolute Gasteiger partial charge is 0.618 e. The van der Waals surface area contributed by atoms with Crippen LogP contribution in [0.4, 0.5) is 5.69 Å². The lowest BCUT2D eigenvalue weighted by Crippen LogP contribution is -2.02. The first-order valence-corrected chi connectivity index (χ1v) is 5.61. The number of hydrogen-bond donors (Lipinski definition) is 0. The summed E-state index contributed by atoms with van der Waals surface area (Å²) in [6.45, 7) is 4.02. The van der Waals surface area contributed by atoms with E-state index in [-0.39, 0.29) is 0 Å². The van der Waals surface area contributed by atoms with Crippen molar-refractivity contribution in [3.8, 4) is 0 Å². The minimum absolute atomic E-state index is 0.648. The number of nitrogens with zero attached hydrogens (tertiary/aromatic N) is 1. The summed E-state index contributed by atoms with van der Waals surface area (Å²) in [7, 11) is 0. The summed E-state index contributed by atoms with van der Waals surface area (Å²) in [6, 6.07) is 15.2. The summed E-state index contributed by atoms with van der Waals surface area (Å²) >= 11 is 0. The topological polar surface area (TPSA) is 26.1 Å². The smallest absolute Gasteiger partial charge is 0.216 e. The second-order valence-electron chi connectivity index (χ2n) is 4.10. The van der Waals surface area contributed by atoms with Gasteiger partial charge in [-0.05, 0) is 25.0 Å². The lowest BCUT2D eigenvalue weighted by atomic mass is 10.0. The molecule has 17 heavy (non-hydrogen) atoms. The van der Waals surface area contributed by atoms with Gasteiger partial charge in [0, 0.05) is 17.7 Å². The Morgan fingerprint density at radius 2 is 1.47 bits per heavy atom. The maximum Gasteiger partial charge on any atom is 0.216 e. The van der Waals surface area contributed by atoms with Crippen molar-refractivity contribution >= 4 is 11.9 Å². The van der Waals surface area contributed by atoms with Gasteiger partial charge < -0.3 is 5.21 Å². The average molecular weight is 225 g/mol. The molecule has 2 nitrogen and oxygen atoms in total. The highest BCUT2D eigenvalue weighted by Crippen LogP contribution is 2.13. The molecule has 0 saturated heterocycles. The van der Waals surface area contributed by atoms with Crippen LogP contribution in [0.25, 0.3) is 0 Å². The van der Waals surface area contributed by atoms with E-state index in [2.05, 4.69) is 0 Å². The zero-order valence-corrected chi connectivity index (χ0v) is 10.1. The predicted octanol–water partition coefficient (Wildman–Crippen LogP) is 3.56. The Balaban J connectivity index is 2.43. The number of rotatable bonds is 2. The van der Waals surface area contributed by atoms with Crippen LogP contribution in [0.15, 0.2) is 48.5 Å². The van der Waals surface area contributed by atoms with E-state index in [1.165, 1.54) is 0 Å². The van der Waals surface area contributed by atoms with Crippen LogP contribution < -0.4 is 0 Å². The van der Waals surface area contributed by atoms with Crippen LogP contribution in [0.2, 0.25) is 0 Å². The predicted molar refractivity (Wildman–Crippen MR) is 70.8 cm³/mol. The molecule has 0 aliphatic heterocycles. The van der Waals surface area contributed by atoms with Gasteiger partial charge in [0.05, 0.1) is 0 Å². The van der Waals surface area contributed by atoms with E-state index in [0.29, 0.717) is 5.69 Å². The minimum atomic E-state index is 0.648. The van der Waals surface area contributed by atoms with Gasteiger partial charge in [0.25, 0.3) is 0 Å². The molecule has 0 unspecified atom stereocenters. The van der Waals surface area contributed by atoms with Gasteiger partial charge in [-0.3, -0.25) is 0 Å². The fourth-order valence-electron chi connectivity index (χ4n) is 1.80. The first kappa shape index (κ1) is 11.4. The molecule has 0 heterocycles. The Hall–Kier alpha value is -2.09. The fraction of sp³-hybridized carbons (Fsp3) is 0.133. The van der Waals surface area contributed by atoms with E-state index >= 15 is 0 Å². The Labute approximate surface area is 101 Å². The lowest BCUT2D eigenvalue weighted by molar-refractivity contribution is -0.354. The zero-order valence-electron chi connectivity index (χ0n) is 10.1. The maximum absolute atomic E-state index is 12.0. The highest BCUT2D eigenvalue weighted by Gasteiger charge is 2.05. The van der Waals surface area contributed by atoms with Crippen LogP contribution in [-0.2, 0) is 0 Å². The summed E-state index contributed by atoms with van der Waals surface area (Å²) in [5.41, 5.74) is 3.87. The Morgan fingerprint density at radius 1 is 0.882 bits per heavy atom. The molecule has 0 N–H and O–H groups in total. The Bertz CT molecular complexity index is 524. The van der Waals surface area contributed by atoms with E-state index in [0.717, 1.165) is 21.4 Å². The SMILES string of the molecule is Cc1cccc(C)c1/C=[N+](/[O-])c1ccccc1. The van der Waals surface area contributed by atoms with Gasteiger partial charge >= 0.3 is 0 Å². The molecule has 0 bridgehead atoms. The molecule has 0 saturated carbocycles. The summed E-state index contributed by atoms with van der Waals surface area (Å²) in [6.07, 6.45) is 1.64. The van der Waals surface area contributed by atoms with Crippen molar-refractivity contribution in [1.29, 1.82) is 0 Å². The molecule has 0 aliphatic carbocycles. The first-order chi connectivity index (χ1) is 8.18. The van der Waals surface area contributed by atoms with Crippen LogP contribution in [0.5, 0.6) is 0 Å². The Kier molecular flexibility index (Phi) is 3.24. The summed E-state index contributed by atoms with van der Waals surface area (Å²) in [5, 5.41) is 12.0. The van der Waals surface area contributed by atoms with Gasteiger partial charge in [0.2, 0.25) is 5.69 Å². The van der Waals surface area contributed by atoms with Crippen molar-refractivity contribution in [1.82, 2.24) is 0 Å². The highest BCUT2D eigenvalue weighted by molar-refractivity contribution is 5.81. The van der Waals surface area contributed by atoms with Gasteiger partial charge in [-0.1, -0.05) is 36.4 Å².